The summed E-state index contributed by atoms with van der Waals surface area (Å²) in [4.78, 5) is 22.5. The predicted octanol–water partition coefficient (Wildman–Crippen LogP) is 9.49. The summed E-state index contributed by atoms with van der Waals surface area (Å²) in [6.07, 6.45) is 45.0. The Hall–Kier alpha value is -2.32. The Kier molecular flexibility index (Phi) is 32.9. The maximum absolute atomic E-state index is 12.7. The van der Waals surface area contributed by atoms with Crippen LogP contribution in [0.1, 0.15) is 123 Å². The van der Waals surface area contributed by atoms with Crippen LogP contribution in [-0.2, 0) is 18.4 Å². The maximum atomic E-state index is 12.7. The number of aliphatic hydroxyl groups excluding tert-OH is 1. The Morgan fingerprint density at radius 1 is 0.688 bits per heavy atom. The Bertz CT molecular complexity index is 1020. The van der Waals surface area contributed by atoms with E-state index in [1.165, 1.54) is 12.8 Å². The van der Waals surface area contributed by atoms with Gasteiger partial charge in [0.2, 0.25) is 5.91 Å². The monoisotopic (exact) mass is 690 g/mol. The number of hydrogen-bond acceptors (Lipinski definition) is 6. The molecule has 0 aliphatic rings. The summed E-state index contributed by atoms with van der Waals surface area (Å²) < 4.78 is 21.9. The summed E-state index contributed by atoms with van der Waals surface area (Å²) in [5.74, 6) is -0.230. The van der Waals surface area contributed by atoms with Gasteiger partial charge in [0.1, 0.15) is 0 Å². The lowest BCUT2D eigenvalue weighted by atomic mass is 10.1. The van der Waals surface area contributed by atoms with Gasteiger partial charge in [0, 0.05) is 13.0 Å². The molecule has 3 atom stereocenters. The van der Waals surface area contributed by atoms with E-state index in [1.54, 1.807) is 6.08 Å². The van der Waals surface area contributed by atoms with E-state index in [4.69, 9.17) is 14.8 Å². The molecule has 0 rings (SSSR count). The number of phosphoric ester groups is 1. The van der Waals surface area contributed by atoms with Crippen molar-refractivity contribution >= 4 is 13.7 Å². The van der Waals surface area contributed by atoms with Gasteiger partial charge in [0.05, 0.1) is 25.4 Å². The molecule has 48 heavy (non-hydrogen) atoms. The van der Waals surface area contributed by atoms with Gasteiger partial charge in [0.15, 0.2) is 0 Å². The lowest BCUT2D eigenvalue weighted by molar-refractivity contribution is -0.123. The van der Waals surface area contributed by atoms with E-state index in [2.05, 4.69) is 92.1 Å². The number of rotatable bonds is 32. The van der Waals surface area contributed by atoms with Crippen molar-refractivity contribution in [2.24, 2.45) is 5.73 Å². The van der Waals surface area contributed by atoms with E-state index in [9.17, 15) is 19.4 Å². The molecule has 274 valence electrons. The van der Waals surface area contributed by atoms with Crippen molar-refractivity contribution in [1.29, 1.82) is 0 Å². The summed E-state index contributed by atoms with van der Waals surface area (Å²) in [5.41, 5.74) is 5.34. The number of nitrogens with one attached hydrogen (secondary N) is 1. The van der Waals surface area contributed by atoms with Crippen LogP contribution in [0.15, 0.2) is 85.1 Å². The smallest absolute Gasteiger partial charge is 0.387 e. The van der Waals surface area contributed by atoms with Crippen molar-refractivity contribution in [3.63, 3.8) is 0 Å². The zero-order valence-corrected chi connectivity index (χ0v) is 30.8. The van der Waals surface area contributed by atoms with Crippen molar-refractivity contribution in [1.82, 2.24) is 5.32 Å². The number of amides is 1. The molecule has 0 aromatic carbocycles. The number of nitrogens with two attached hydrogens (primary N) is 1. The Morgan fingerprint density at radius 3 is 1.77 bits per heavy atom. The predicted molar refractivity (Wildman–Crippen MR) is 203 cm³/mol. The van der Waals surface area contributed by atoms with Crippen LogP contribution in [0.3, 0.4) is 0 Å². The standard InChI is InChI=1S/C39H67N2O6P/c1-3-5-7-9-11-13-15-16-17-18-19-20-21-22-23-25-27-29-31-33-39(43)41-37(36-47-48(44,45)46-35-34-40)38(42)32-30-28-26-24-14-12-10-8-6-4-2/h5-8,11,13-14,16-17,19-20,24,30,32,37-38,42H,3-4,9-10,12,15,18,21-23,25-29,31,33-36,40H2,1-2H3,(H,41,43)(H,44,45)/b7-5-,8-6+,13-11-,17-16-,20-19-,24-14+,32-30+. The molecule has 8 nitrogen and oxygen atoms in total. The summed E-state index contributed by atoms with van der Waals surface area (Å²) in [6, 6.07) is -0.894. The summed E-state index contributed by atoms with van der Waals surface area (Å²) in [5, 5.41) is 13.5. The number of unbranched alkanes of at least 4 members (excludes halogenated alkanes) is 8. The largest absolute Gasteiger partial charge is 0.472 e. The highest BCUT2D eigenvalue weighted by Gasteiger charge is 2.26. The van der Waals surface area contributed by atoms with E-state index in [1.807, 2.05) is 6.08 Å². The number of phosphoric acid groups is 1. The van der Waals surface area contributed by atoms with Crippen molar-refractivity contribution in [3.05, 3.63) is 85.1 Å². The highest BCUT2D eigenvalue weighted by atomic mass is 31.2. The second-order valence-corrected chi connectivity index (χ2v) is 13.1. The van der Waals surface area contributed by atoms with Crippen LogP contribution in [-0.4, -0.2) is 47.8 Å². The molecular formula is C39H67N2O6P. The first-order valence-corrected chi connectivity index (χ1v) is 19.7. The molecular weight excluding hydrogens is 623 g/mol. The van der Waals surface area contributed by atoms with Gasteiger partial charge in [-0.25, -0.2) is 4.57 Å². The van der Waals surface area contributed by atoms with Crippen LogP contribution in [0.5, 0.6) is 0 Å². The Morgan fingerprint density at radius 2 is 1.17 bits per heavy atom. The molecule has 0 saturated carbocycles. The molecule has 5 N–H and O–H groups in total. The van der Waals surface area contributed by atoms with Gasteiger partial charge in [-0.1, -0.05) is 125 Å². The topological polar surface area (TPSA) is 131 Å². The molecule has 0 spiro atoms. The lowest BCUT2D eigenvalue weighted by Crippen LogP contribution is -2.45. The third-order valence-corrected chi connectivity index (χ3v) is 8.18. The van der Waals surface area contributed by atoms with Gasteiger partial charge < -0.3 is 21.1 Å². The first-order valence-electron chi connectivity index (χ1n) is 18.2. The third kappa shape index (κ3) is 32.2. The minimum atomic E-state index is -4.35. The first kappa shape index (κ1) is 45.7. The molecule has 0 heterocycles. The van der Waals surface area contributed by atoms with Gasteiger partial charge in [-0.05, 0) is 77.0 Å². The van der Waals surface area contributed by atoms with E-state index in [0.29, 0.717) is 6.42 Å². The fourth-order valence-corrected chi connectivity index (χ4v) is 5.27. The Balaban J connectivity index is 4.35. The van der Waals surface area contributed by atoms with Gasteiger partial charge >= 0.3 is 7.82 Å². The maximum Gasteiger partial charge on any atom is 0.472 e. The SMILES string of the molecule is CC/C=C\C/C=C\C/C=C\C/C=C\CCCCCCCCC(=O)NC(COP(=O)(O)OCCN)C(O)/C=C/CC/C=C/CC/C=C/CC. The second-order valence-electron chi connectivity index (χ2n) is 11.6. The molecule has 0 radical (unpaired) electrons. The lowest BCUT2D eigenvalue weighted by Gasteiger charge is -2.23. The molecule has 0 aliphatic heterocycles. The first-order chi connectivity index (χ1) is 23.4. The normalized spacial score (nSPS) is 15.4. The molecule has 3 unspecified atom stereocenters. The average molecular weight is 691 g/mol. The van der Waals surface area contributed by atoms with Crippen LogP contribution in [0.4, 0.5) is 0 Å². The number of allylic oxidation sites excluding steroid dienone is 13. The van der Waals surface area contributed by atoms with E-state index in [-0.39, 0.29) is 25.7 Å². The molecule has 0 aromatic rings. The number of carbonyl (C=O) groups is 1. The minimum Gasteiger partial charge on any atom is -0.387 e. The molecule has 0 saturated heterocycles. The zero-order chi connectivity index (χ0) is 35.4. The second kappa shape index (κ2) is 34.5. The molecule has 9 heteroatoms. The fourth-order valence-electron chi connectivity index (χ4n) is 4.51. The van der Waals surface area contributed by atoms with Gasteiger partial charge in [0.25, 0.3) is 0 Å². The summed E-state index contributed by atoms with van der Waals surface area (Å²) in [7, 11) is -4.35. The highest BCUT2D eigenvalue weighted by Crippen LogP contribution is 2.43. The quantitative estimate of drug-likeness (QED) is 0.0314. The van der Waals surface area contributed by atoms with Crippen molar-refractivity contribution < 1.29 is 28.4 Å². The molecule has 1 amide bonds. The number of carbonyl (C=O) groups excluding carboxylic acids is 1. The van der Waals surface area contributed by atoms with Gasteiger partial charge in [-0.15, -0.1) is 0 Å². The van der Waals surface area contributed by atoms with Crippen LogP contribution in [0, 0.1) is 0 Å². The van der Waals surface area contributed by atoms with E-state index in [0.717, 1.165) is 89.9 Å². The van der Waals surface area contributed by atoms with Crippen molar-refractivity contribution in [2.75, 3.05) is 19.8 Å². The van der Waals surface area contributed by atoms with E-state index < -0.39 is 20.0 Å². The van der Waals surface area contributed by atoms with E-state index >= 15 is 0 Å². The zero-order valence-electron chi connectivity index (χ0n) is 29.9. The third-order valence-electron chi connectivity index (χ3n) is 7.19. The van der Waals surface area contributed by atoms with Crippen LogP contribution < -0.4 is 11.1 Å². The average Bonchev–Trinajstić information content (AvgIpc) is 3.07. The number of hydrogen-bond donors (Lipinski definition) is 4. The molecule has 0 aliphatic carbocycles. The Labute approximate surface area is 292 Å². The fraction of sp³-hybridized carbons (Fsp3) is 0.615. The highest BCUT2D eigenvalue weighted by molar-refractivity contribution is 7.47. The molecule has 0 bridgehead atoms. The molecule has 0 aromatic heterocycles. The number of aliphatic hydroxyl groups is 1. The van der Waals surface area contributed by atoms with Gasteiger partial charge in [-0.3, -0.25) is 13.8 Å². The minimum absolute atomic E-state index is 0.0641. The van der Waals surface area contributed by atoms with Crippen LogP contribution >= 0.6 is 7.82 Å². The van der Waals surface area contributed by atoms with Crippen molar-refractivity contribution in [2.45, 2.75) is 135 Å². The molecule has 0 fully saturated rings. The summed E-state index contributed by atoms with van der Waals surface area (Å²) in [6.45, 7) is 3.81. The van der Waals surface area contributed by atoms with Gasteiger partial charge in [-0.2, -0.15) is 0 Å². The van der Waals surface area contributed by atoms with Crippen molar-refractivity contribution in [3.8, 4) is 0 Å². The van der Waals surface area contributed by atoms with Crippen LogP contribution in [0.2, 0.25) is 0 Å². The van der Waals surface area contributed by atoms with Crippen LogP contribution in [0.25, 0.3) is 0 Å². The summed E-state index contributed by atoms with van der Waals surface area (Å²) >= 11 is 0.